The molecular weight excluding hydrogens is 291 g/mol. The van der Waals surface area contributed by atoms with Crippen molar-refractivity contribution in [2.24, 2.45) is 5.14 Å². The lowest BCUT2D eigenvalue weighted by molar-refractivity contribution is -0.123. The number of primary sulfonamides is 1. The maximum atomic E-state index is 13.5. The molecule has 9 heteroatoms. The molecule has 0 spiro atoms. The van der Waals surface area contributed by atoms with Crippen molar-refractivity contribution in [2.75, 3.05) is 26.9 Å². The lowest BCUT2D eigenvalue weighted by Crippen LogP contribution is -2.31. The van der Waals surface area contributed by atoms with Gasteiger partial charge in [-0.3, -0.25) is 4.79 Å². The molecule has 0 radical (unpaired) electrons. The second-order valence-corrected chi connectivity index (χ2v) is 5.33. The lowest BCUT2D eigenvalue weighted by atomic mass is 10.3. The van der Waals surface area contributed by atoms with Crippen molar-refractivity contribution in [3.63, 3.8) is 0 Å². The fourth-order valence-corrected chi connectivity index (χ4v) is 1.79. The van der Waals surface area contributed by atoms with E-state index in [1.54, 1.807) is 0 Å². The van der Waals surface area contributed by atoms with Crippen LogP contribution in [0.5, 0.6) is 5.75 Å². The van der Waals surface area contributed by atoms with Crippen LogP contribution >= 0.6 is 0 Å². The van der Waals surface area contributed by atoms with Crippen LogP contribution in [0, 0.1) is 5.82 Å². The first-order valence-electron chi connectivity index (χ1n) is 5.55. The average Bonchev–Trinajstić information content (AvgIpc) is 2.36. The van der Waals surface area contributed by atoms with Gasteiger partial charge in [0.1, 0.15) is 0 Å². The van der Waals surface area contributed by atoms with E-state index >= 15 is 0 Å². The van der Waals surface area contributed by atoms with Gasteiger partial charge in [-0.2, -0.15) is 0 Å². The van der Waals surface area contributed by atoms with Gasteiger partial charge in [-0.25, -0.2) is 17.9 Å². The molecule has 0 aromatic heterocycles. The maximum Gasteiger partial charge on any atom is 0.258 e. The molecule has 3 N–H and O–H groups in total. The first-order valence-corrected chi connectivity index (χ1v) is 7.10. The monoisotopic (exact) mass is 306 g/mol. The Morgan fingerprint density at radius 2 is 2.15 bits per heavy atom. The van der Waals surface area contributed by atoms with Crippen LogP contribution in [0.3, 0.4) is 0 Å². The van der Waals surface area contributed by atoms with Crippen molar-refractivity contribution in [2.45, 2.75) is 4.90 Å². The molecule has 0 heterocycles. The van der Waals surface area contributed by atoms with Crippen LogP contribution in [0.4, 0.5) is 4.39 Å². The molecule has 0 bridgehead atoms. The van der Waals surface area contributed by atoms with Crippen LogP contribution in [0.1, 0.15) is 0 Å². The Kier molecular flexibility index (Phi) is 5.86. The summed E-state index contributed by atoms with van der Waals surface area (Å²) in [6.45, 7) is 0.268. The molecule has 1 aromatic carbocycles. The number of benzene rings is 1. The third kappa shape index (κ3) is 5.11. The van der Waals surface area contributed by atoms with Gasteiger partial charge in [0, 0.05) is 13.7 Å². The molecule has 0 saturated carbocycles. The molecule has 1 aromatic rings. The van der Waals surface area contributed by atoms with E-state index < -0.39 is 28.4 Å². The van der Waals surface area contributed by atoms with Gasteiger partial charge in [-0.1, -0.05) is 0 Å². The summed E-state index contributed by atoms with van der Waals surface area (Å²) in [5, 5.41) is 7.34. The minimum Gasteiger partial charge on any atom is -0.481 e. The smallest absolute Gasteiger partial charge is 0.258 e. The summed E-state index contributed by atoms with van der Waals surface area (Å²) >= 11 is 0. The van der Waals surface area contributed by atoms with Crippen LogP contribution in [0.2, 0.25) is 0 Å². The Hall–Kier alpha value is -1.71. The van der Waals surface area contributed by atoms with Crippen molar-refractivity contribution in [1.29, 1.82) is 0 Å². The molecule has 0 aliphatic rings. The predicted octanol–water partition coefficient (Wildman–Crippen LogP) is -0.385. The first-order chi connectivity index (χ1) is 9.34. The Morgan fingerprint density at radius 1 is 1.45 bits per heavy atom. The minimum atomic E-state index is -3.98. The topological polar surface area (TPSA) is 108 Å². The Labute approximate surface area is 115 Å². The number of halogens is 1. The van der Waals surface area contributed by atoms with Gasteiger partial charge < -0.3 is 14.8 Å². The highest BCUT2D eigenvalue weighted by Crippen LogP contribution is 2.20. The highest BCUT2D eigenvalue weighted by Gasteiger charge is 2.13. The Balaban J connectivity index is 2.59. The number of nitrogens with two attached hydrogens (primary N) is 1. The van der Waals surface area contributed by atoms with E-state index in [2.05, 4.69) is 5.32 Å². The van der Waals surface area contributed by atoms with Crippen molar-refractivity contribution in [3.05, 3.63) is 24.0 Å². The zero-order valence-electron chi connectivity index (χ0n) is 10.8. The molecule has 0 fully saturated rings. The molecule has 1 amide bonds. The van der Waals surface area contributed by atoms with Gasteiger partial charge in [0.25, 0.3) is 5.91 Å². The summed E-state index contributed by atoms with van der Waals surface area (Å²) in [6.07, 6.45) is 0. The summed E-state index contributed by atoms with van der Waals surface area (Å²) in [6, 6.07) is 2.92. The molecule has 1 rings (SSSR count). The number of nitrogens with one attached hydrogen (secondary N) is 1. The van der Waals surface area contributed by atoms with E-state index in [1.807, 2.05) is 0 Å². The number of hydrogen-bond donors (Lipinski definition) is 2. The number of rotatable bonds is 7. The summed E-state index contributed by atoms with van der Waals surface area (Å²) in [4.78, 5) is 10.9. The van der Waals surface area contributed by atoms with Crippen LogP contribution in [0.15, 0.2) is 23.1 Å². The highest BCUT2D eigenvalue weighted by atomic mass is 32.2. The largest absolute Gasteiger partial charge is 0.481 e. The van der Waals surface area contributed by atoms with Crippen molar-refractivity contribution in [3.8, 4) is 5.75 Å². The standard InChI is InChI=1S/C11H15FN2O5S/c1-18-5-4-14-11(15)7-19-10-3-2-8(6-9(10)12)20(13,16)17/h2-3,6H,4-5,7H2,1H3,(H,14,15)(H2,13,16,17). The first kappa shape index (κ1) is 16.3. The molecule has 0 atom stereocenters. The third-order valence-corrected chi connectivity index (χ3v) is 3.13. The van der Waals surface area contributed by atoms with Gasteiger partial charge in [-0.05, 0) is 18.2 Å². The van der Waals surface area contributed by atoms with Gasteiger partial charge >= 0.3 is 0 Å². The second kappa shape index (κ2) is 7.17. The average molecular weight is 306 g/mol. The summed E-state index contributed by atoms with van der Waals surface area (Å²) in [5.41, 5.74) is 0. The number of sulfonamides is 1. The van der Waals surface area contributed by atoms with Gasteiger partial charge in [0.05, 0.1) is 11.5 Å². The van der Waals surface area contributed by atoms with E-state index in [0.29, 0.717) is 13.2 Å². The zero-order chi connectivity index (χ0) is 15.2. The van der Waals surface area contributed by atoms with Gasteiger partial charge in [-0.15, -0.1) is 0 Å². The van der Waals surface area contributed by atoms with Crippen molar-refractivity contribution < 1.29 is 27.1 Å². The number of ether oxygens (including phenoxy) is 2. The van der Waals surface area contributed by atoms with Crippen LogP contribution in [-0.4, -0.2) is 41.2 Å². The summed E-state index contributed by atoms with van der Waals surface area (Å²) < 4.78 is 45.2. The predicted molar refractivity (Wildman–Crippen MR) is 68.2 cm³/mol. The van der Waals surface area contributed by atoms with Gasteiger partial charge in [0.15, 0.2) is 18.2 Å². The fraction of sp³-hybridized carbons (Fsp3) is 0.364. The summed E-state index contributed by atoms with van der Waals surface area (Å²) in [7, 11) is -2.49. The summed E-state index contributed by atoms with van der Waals surface area (Å²) in [5.74, 6) is -1.60. The molecule has 0 saturated heterocycles. The number of methoxy groups -OCH3 is 1. The molecule has 0 aliphatic heterocycles. The van der Waals surface area contributed by atoms with Crippen molar-refractivity contribution >= 4 is 15.9 Å². The van der Waals surface area contributed by atoms with Crippen molar-refractivity contribution in [1.82, 2.24) is 5.32 Å². The van der Waals surface area contributed by atoms with E-state index in [0.717, 1.165) is 18.2 Å². The van der Waals surface area contributed by atoms with Gasteiger partial charge in [0.2, 0.25) is 10.0 Å². The number of hydrogen-bond acceptors (Lipinski definition) is 5. The minimum absolute atomic E-state index is 0.237. The van der Waals surface area contributed by atoms with E-state index in [1.165, 1.54) is 7.11 Å². The molecular formula is C11H15FN2O5S. The molecule has 0 unspecified atom stereocenters. The Bertz CT molecular complexity index is 576. The molecule has 112 valence electrons. The lowest BCUT2D eigenvalue weighted by Gasteiger charge is -2.08. The third-order valence-electron chi connectivity index (χ3n) is 2.22. The quantitative estimate of drug-likeness (QED) is 0.667. The van der Waals surface area contributed by atoms with E-state index in [-0.39, 0.29) is 10.6 Å². The van der Waals surface area contributed by atoms with E-state index in [9.17, 15) is 17.6 Å². The Morgan fingerprint density at radius 3 is 2.70 bits per heavy atom. The second-order valence-electron chi connectivity index (χ2n) is 3.77. The number of amides is 1. The molecule has 7 nitrogen and oxygen atoms in total. The maximum absolute atomic E-state index is 13.5. The van der Waals surface area contributed by atoms with Crippen LogP contribution < -0.4 is 15.2 Å². The highest BCUT2D eigenvalue weighted by molar-refractivity contribution is 7.89. The molecule has 0 aliphatic carbocycles. The molecule has 20 heavy (non-hydrogen) atoms. The van der Waals surface area contributed by atoms with Crippen LogP contribution in [-0.2, 0) is 19.6 Å². The SMILES string of the molecule is COCCNC(=O)COc1ccc(S(N)(=O)=O)cc1F. The van der Waals surface area contributed by atoms with E-state index in [4.69, 9.17) is 14.6 Å². The number of carbonyl (C=O) groups excluding carboxylic acids is 1. The normalized spacial score (nSPS) is 11.2. The number of carbonyl (C=O) groups is 1. The fourth-order valence-electron chi connectivity index (χ4n) is 1.26. The zero-order valence-corrected chi connectivity index (χ0v) is 11.6. The van der Waals surface area contributed by atoms with Crippen LogP contribution in [0.25, 0.3) is 0 Å².